The minimum absolute atomic E-state index is 0.238. The van der Waals surface area contributed by atoms with Gasteiger partial charge in [-0.15, -0.1) is 0 Å². The monoisotopic (exact) mass is 424 g/mol. The fourth-order valence-electron chi connectivity index (χ4n) is 4.11. The molecule has 0 N–H and O–H groups in total. The van der Waals surface area contributed by atoms with E-state index in [2.05, 4.69) is 48.9 Å². The predicted octanol–water partition coefficient (Wildman–Crippen LogP) is 1.34. The maximum absolute atomic E-state index is 12.8. The van der Waals surface area contributed by atoms with Crippen molar-refractivity contribution >= 4 is 11.9 Å². The van der Waals surface area contributed by atoms with Gasteiger partial charge in [-0.3, -0.25) is 14.6 Å². The summed E-state index contributed by atoms with van der Waals surface area (Å²) >= 11 is 0. The summed E-state index contributed by atoms with van der Waals surface area (Å²) in [5, 5.41) is 0. The summed E-state index contributed by atoms with van der Waals surface area (Å²) in [7, 11) is 0. The van der Waals surface area contributed by atoms with Crippen LogP contribution in [0.4, 0.5) is 5.95 Å². The Labute approximate surface area is 184 Å². The molecular weight excluding hydrogens is 392 g/mol. The Kier molecular flexibility index (Phi) is 7.32. The van der Waals surface area contributed by atoms with Crippen LogP contribution in [0.1, 0.15) is 12.5 Å². The lowest BCUT2D eigenvalue weighted by atomic mass is 10.2. The first-order valence-corrected chi connectivity index (χ1v) is 11.2. The van der Waals surface area contributed by atoms with Crippen molar-refractivity contribution in [3.63, 3.8) is 0 Å². The Morgan fingerprint density at radius 3 is 2.35 bits per heavy atom. The molecular formula is C23H32N6O2. The van der Waals surface area contributed by atoms with Crippen LogP contribution in [-0.2, 0) is 11.3 Å². The molecule has 8 nitrogen and oxygen atoms in total. The number of nitrogens with zero attached hydrogens (tertiary/aromatic N) is 6. The molecule has 0 saturated carbocycles. The highest BCUT2D eigenvalue weighted by atomic mass is 16.5. The number of hydrogen-bond acceptors (Lipinski definition) is 7. The minimum Gasteiger partial charge on any atom is -0.478 e. The van der Waals surface area contributed by atoms with Crippen molar-refractivity contribution in [2.75, 3.05) is 70.4 Å². The summed E-state index contributed by atoms with van der Waals surface area (Å²) in [6.45, 7) is 10.8. The lowest BCUT2D eigenvalue weighted by Crippen LogP contribution is -2.53. The zero-order valence-corrected chi connectivity index (χ0v) is 18.3. The van der Waals surface area contributed by atoms with Gasteiger partial charge in [-0.25, -0.2) is 4.98 Å². The van der Waals surface area contributed by atoms with Crippen LogP contribution in [0.5, 0.6) is 5.88 Å². The summed E-state index contributed by atoms with van der Waals surface area (Å²) in [5.74, 6) is 1.55. The molecule has 2 aromatic rings. The SMILES string of the molecule is CCOc1ccnc(N2CCN(CC(=O)N3CCN(Cc4ccccc4)CC3)CC2)n1. The lowest BCUT2D eigenvalue weighted by molar-refractivity contribution is -0.134. The second kappa shape index (κ2) is 10.5. The quantitative estimate of drug-likeness (QED) is 0.665. The molecule has 0 atom stereocenters. The number of rotatable bonds is 7. The fraction of sp³-hybridized carbons (Fsp3) is 0.522. The molecule has 1 amide bonds. The summed E-state index contributed by atoms with van der Waals surface area (Å²) in [5.41, 5.74) is 1.33. The smallest absolute Gasteiger partial charge is 0.236 e. The van der Waals surface area contributed by atoms with Gasteiger partial charge in [0.15, 0.2) is 0 Å². The van der Waals surface area contributed by atoms with Crippen molar-refractivity contribution < 1.29 is 9.53 Å². The van der Waals surface area contributed by atoms with E-state index in [1.807, 2.05) is 17.9 Å². The standard InChI is InChI=1S/C23H32N6O2/c1-2-31-21-8-9-24-23(25-21)29-16-12-27(13-17-29)19-22(30)28-14-10-26(11-15-28)18-20-6-4-3-5-7-20/h3-9H,2,10-19H2,1H3. The van der Waals surface area contributed by atoms with Crippen LogP contribution in [-0.4, -0.2) is 96.1 Å². The van der Waals surface area contributed by atoms with E-state index in [0.717, 1.165) is 58.9 Å². The first-order valence-electron chi connectivity index (χ1n) is 11.2. The average molecular weight is 425 g/mol. The van der Waals surface area contributed by atoms with Crippen LogP contribution in [0.15, 0.2) is 42.6 Å². The summed E-state index contributed by atoms with van der Waals surface area (Å²) in [4.78, 5) is 30.5. The van der Waals surface area contributed by atoms with E-state index >= 15 is 0 Å². The Balaban J connectivity index is 1.19. The number of benzene rings is 1. The lowest BCUT2D eigenvalue weighted by Gasteiger charge is -2.38. The zero-order valence-electron chi connectivity index (χ0n) is 18.3. The fourth-order valence-corrected chi connectivity index (χ4v) is 4.11. The molecule has 0 unspecified atom stereocenters. The zero-order chi connectivity index (χ0) is 21.5. The van der Waals surface area contributed by atoms with Gasteiger partial charge in [0.2, 0.25) is 17.7 Å². The molecule has 4 rings (SSSR count). The van der Waals surface area contributed by atoms with Gasteiger partial charge in [0, 0.05) is 71.2 Å². The van der Waals surface area contributed by atoms with E-state index < -0.39 is 0 Å². The molecule has 2 aliphatic heterocycles. The van der Waals surface area contributed by atoms with Gasteiger partial charge in [-0.2, -0.15) is 4.98 Å². The topological polar surface area (TPSA) is 65.0 Å². The Bertz CT molecular complexity index is 833. The van der Waals surface area contributed by atoms with Crippen LogP contribution in [0, 0.1) is 0 Å². The van der Waals surface area contributed by atoms with Crippen molar-refractivity contribution in [2.24, 2.45) is 0 Å². The molecule has 1 aromatic carbocycles. The Morgan fingerprint density at radius 1 is 0.935 bits per heavy atom. The number of hydrogen-bond donors (Lipinski definition) is 0. The van der Waals surface area contributed by atoms with Crippen LogP contribution in [0.3, 0.4) is 0 Å². The molecule has 31 heavy (non-hydrogen) atoms. The van der Waals surface area contributed by atoms with Crippen LogP contribution in [0.25, 0.3) is 0 Å². The maximum atomic E-state index is 12.8. The van der Waals surface area contributed by atoms with Crippen LogP contribution >= 0.6 is 0 Å². The highest BCUT2D eigenvalue weighted by Gasteiger charge is 2.25. The molecule has 0 radical (unpaired) electrons. The largest absolute Gasteiger partial charge is 0.478 e. The van der Waals surface area contributed by atoms with Gasteiger partial charge in [0.05, 0.1) is 13.2 Å². The van der Waals surface area contributed by atoms with Gasteiger partial charge in [-0.1, -0.05) is 30.3 Å². The summed E-state index contributed by atoms with van der Waals surface area (Å²) in [6, 6.07) is 12.3. The Morgan fingerprint density at radius 2 is 1.65 bits per heavy atom. The average Bonchev–Trinajstić information content (AvgIpc) is 2.81. The maximum Gasteiger partial charge on any atom is 0.236 e. The van der Waals surface area contributed by atoms with Crippen molar-refractivity contribution in [1.29, 1.82) is 0 Å². The molecule has 3 heterocycles. The molecule has 0 bridgehead atoms. The van der Waals surface area contributed by atoms with E-state index in [4.69, 9.17) is 4.74 Å². The number of ether oxygens (including phenoxy) is 1. The highest BCUT2D eigenvalue weighted by Crippen LogP contribution is 2.15. The van der Waals surface area contributed by atoms with Crippen LogP contribution in [0.2, 0.25) is 0 Å². The molecule has 0 aliphatic carbocycles. The van der Waals surface area contributed by atoms with Gasteiger partial charge >= 0.3 is 0 Å². The first-order chi connectivity index (χ1) is 15.2. The predicted molar refractivity (Wildman–Crippen MR) is 120 cm³/mol. The van der Waals surface area contributed by atoms with Crippen molar-refractivity contribution in [3.05, 3.63) is 48.2 Å². The Hall–Kier alpha value is -2.71. The van der Waals surface area contributed by atoms with Gasteiger partial charge in [0.1, 0.15) is 0 Å². The third-order valence-electron chi connectivity index (χ3n) is 5.90. The number of carbonyl (C=O) groups is 1. The molecule has 166 valence electrons. The first kappa shape index (κ1) is 21.5. The summed E-state index contributed by atoms with van der Waals surface area (Å²) < 4.78 is 5.48. The van der Waals surface area contributed by atoms with E-state index in [0.29, 0.717) is 25.0 Å². The molecule has 2 aliphatic rings. The third kappa shape index (κ3) is 5.92. The summed E-state index contributed by atoms with van der Waals surface area (Å²) in [6.07, 6.45) is 1.74. The number of aromatic nitrogens is 2. The van der Waals surface area contributed by atoms with Gasteiger partial charge in [-0.05, 0) is 12.5 Å². The molecule has 2 saturated heterocycles. The molecule has 8 heteroatoms. The second-order valence-corrected chi connectivity index (χ2v) is 8.03. The highest BCUT2D eigenvalue weighted by molar-refractivity contribution is 5.78. The van der Waals surface area contributed by atoms with E-state index in [9.17, 15) is 4.79 Å². The van der Waals surface area contributed by atoms with Crippen molar-refractivity contribution in [1.82, 2.24) is 24.7 Å². The number of amides is 1. The van der Waals surface area contributed by atoms with Crippen LogP contribution < -0.4 is 9.64 Å². The van der Waals surface area contributed by atoms with E-state index in [1.165, 1.54) is 5.56 Å². The van der Waals surface area contributed by atoms with Crippen molar-refractivity contribution in [3.8, 4) is 5.88 Å². The number of anilines is 1. The number of piperazine rings is 2. The molecule has 2 fully saturated rings. The van der Waals surface area contributed by atoms with E-state index in [-0.39, 0.29) is 5.91 Å². The normalized spacial score (nSPS) is 18.2. The number of carbonyl (C=O) groups excluding carboxylic acids is 1. The van der Waals surface area contributed by atoms with E-state index in [1.54, 1.807) is 12.3 Å². The van der Waals surface area contributed by atoms with Gasteiger partial charge < -0.3 is 14.5 Å². The second-order valence-electron chi connectivity index (χ2n) is 8.03. The molecule has 0 spiro atoms. The minimum atomic E-state index is 0.238. The van der Waals surface area contributed by atoms with Gasteiger partial charge in [0.25, 0.3) is 0 Å². The third-order valence-corrected chi connectivity index (χ3v) is 5.90. The van der Waals surface area contributed by atoms with Crippen molar-refractivity contribution in [2.45, 2.75) is 13.5 Å². The molecule has 1 aromatic heterocycles.